The Morgan fingerprint density at radius 3 is 2.81 bits per heavy atom. The van der Waals surface area contributed by atoms with Crippen molar-refractivity contribution in [3.63, 3.8) is 0 Å². The van der Waals surface area contributed by atoms with Gasteiger partial charge in [-0.3, -0.25) is 9.89 Å². The Morgan fingerprint density at radius 1 is 1.15 bits per heavy atom. The summed E-state index contributed by atoms with van der Waals surface area (Å²) in [6.07, 6.45) is 0. The number of aromatic amines is 1. The van der Waals surface area contributed by atoms with Crippen LogP contribution in [0, 0.1) is 6.92 Å². The number of nitrogens with one attached hydrogen (secondary N) is 2. The molecule has 9 heteroatoms. The standard InChI is InChI=1S/C18H15N7OS/c1-11-6-8-12(9-7-11)19-15(26)10-27-18-22-21-17-24-14-5-3-2-4-13(14)20-16(24)23-25(17)18/h2-9H,10H2,1H3,(H,19,26)(H,20,23). The minimum Gasteiger partial charge on any atom is -0.325 e. The van der Waals surface area contributed by atoms with E-state index in [4.69, 9.17) is 0 Å². The Bertz CT molecular complexity index is 1280. The van der Waals surface area contributed by atoms with Crippen LogP contribution in [0.1, 0.15) is 5.56 Å². The van der Waals surface area contributed by atoms with Gasteiger partial charge in [0.15, 0.2) is 0 Å². The molecule has 3 aromatic heterocycles. The molecule has 134 valence electrons. The first-order valence-corrected chi connectivity index (χ1v) is 9.37. The van der Waals surface area contributed by atoms with E-state index in [1.54, 1.807) is 4.52 Å². The summed E-state index contributed by atoms with van der Waals surface area (Å²) in [6, 6.07) is 15.5. The summed E-state index contributed by atoms with van der Waals surface area (Å²) < 4.78 is 3.66. The number of para-hydroxylation sites is 2. The highest BCUT2D eigenvalue weighted by Gasteiger charge is 2.16. The quantitative estimate of drug-likeness (QED) is 0.470. The van der Waals surface area contributed by atoms with E-state index in [0.717, 1.165) is 22.3 Å². The lowest BCUT2D eigenvalue weighted by molar-refractivity contribution is -0.113. The van der Waals surface area contributed by atoms with Gasteiger partial charge in [0.2, 0.25) is 16.8 Å². The number of anilines is 1. The second kappa shape index (κ2) is 6.13. The summed E-state index contributed by atoms with van der Waals surface area (Å²) in [4.78, 5) is 16.8. The van der Waals surface area contributed by atoms with Crippen molar-refractivity contribution in [1.29, 1.82) is 0 Å². The summed E-state index contributed by atoms with van der Waals surface area (Å²) in [5.74, 6) is 1.46. The van der Waals surface area contributed by atoms with Crippen LogP contribution in [0.3, 0.4) is 0 Å². The molecule has 0 radical (unpaired) electrons. The number of amides is 1. The molecule has 5 rings (SSSR count). The van der Waals surface area contributed by atoms with Gasteiger partial charge in [0, 0.05) is 5.69 Å². The molecular weight excluding hydrogens is 362 g/mol. The maximum absolute atomic E-state index is 12.2. The Kier molecular flexibility index (Phi) is 3.61. The molecule has 2 aromatic carbocycles. The summed E-state index contributed by atoms with van der Waals surface area (Å²) in [7, 11) is 0. The van der Waals surface area contributed by atoms with E-state index in [2.05, 4.69) is 25.6 Å². The van der Waals surface area contributed by atoms with Gasteiger partial charge < -0.3 is 5.32 Å². The first-order valence-electron chi connectivity index (χ1n) is 8.39. The molecule has 0 unspecified atom stereocenters. The van der Waals surface area contributed by atoms with Crippen LogP contribution in [0.2, 0.25) is 0 Å². The first kappa shape index (κ1) is 15.9. The van der Waals surface area contributed by atoms with Gasteiger partial charge in [-0.1, -0.05) is 41.6 Å². The average molecular weight is 377 g/mol. The minimum atomic E-state index is -0.0950. The summed E-state index contributed by atoms with van der Waals surface area (Å²) in [6.45, 7) is 2.01. The van der Waals surface area contributed by atoms with Crippen LogP contribution in [-0.2, 0) is 4.79 Å². The summed E-state index contributed by atoms with van der Waals surface area (Å²) in [5, 5.41) is 15.1. The molecule has 3 heterocycles. The number of aryl methyl sites for hydroxylation is 1. The Balaban J connectivity index is 1.38. The van der Waals surface area contributed by atoms with E-state index < -0.39 is 0 Å². The van der Waals surface area contributed by atoms with Crippen molar-refractivity contribution in [3.05, 3.63) is 54.1 Å². The van der Waals surface area contributed by atoms with Gasteiger partial charge in [-0.05, 0) is 31.2 Å². The zero-order valence-electron chi connectivity index (χ0n) is 14.4. The Hall–Kier alpha value is -3.33. The van der Waals surface area contributed by atoms with E-state index >= 15 is 0 Å². The number of carbonyl (C=O) groups excluding carboxylic acids is 1. The van der Waals surface area contributed by atoms with E-state index in [1.807, 2.05) is 59.9 Å². The highest BCUT2D eigenvalue weighted by molar-refractivity contribution is 7.99. The minimum absolute atomic E-state index is 0.0950. The zero-order chi connectivity index (χ0) is 18.4. The lowest BCUT2D eigenvalue weighted by Crippen LogP contribution is -2.14. The van der Waals surface area contributed by atoms with Crippen LogP contribution < -0.4 is 5.32 Å². The largest absolute Gasteiger partial charge is 0.325 e. The van der Waals surface area contributed by atoms with Crippen LogP contribution >= 0.6 is 11.8 Å². The van der Waals surface area contributed by atoms with Crippen molar-refractivity contribution in [2.45, 2.75) is 12.1 Å². The zero-order valence-corrected chi connectivity index (χ0v) is 15.2. The van der Waals surface area contributed by atoms with E-state index in [0.29, 0.717) is 16.7 Å². The van der Waals surface area contributed by atoms with Crippen molar-refractivity contribution in [2.24, 2.45) is 0 Å². The van der Waals surface area contributed by atoms with Crippen LogP contribution in [0.4, 0.5) is 5.69 Å². The highest BCUT2D eigenvalue weighted by atomic mass is 32.2. The fourth-order valence-electron chi connectivity index (χ4n) is 2.97. The highest BCUT2D eigenvalue weighted by Crippen LogP contribution is 2.22. The second-order valence-electron chi connectivity index (χ2n) is 6.19. The maximum atomic E-state index is 12.2. The fourth-order valence-corrected chi connectivity index (χ4v) is 3.65. The molecule has 0 aliphatic rings. The predicted octanol–water partition coefficient (Wildman–Crippen LogP) is 2.90. The van der Waals surface area contributed by atoms with Gasteiger partial charge in [0.1, 0.15) is 0 Å². The predicted molar refractivity (Wildman–Crippen MR) is 104 cm³/mol. The molecule has 27 heavy (non-hydrogen) atoms. The number of benzene rings is 2. The van der Waals surface area contributed by atoms with Crippen molar-refractivity contribution >= 4 is 45.9 Å². The maximum Gasteiger partial charge on any atom is 0.258 e. The second-order valence-corrected chi connectivity index (χ2v) is 7.13. The van der Waals surface area contributed by atoms with Crippen LogP contribution in [0.15, 0.2) is 53.7 Å². The number of imidazole rings is 1. The molecular formula is C18H15N7OS. The Morgan fingerprint density at radius 2 is 1.96 bits per heavy atom. The van der Waals surface area contributed by atoms with Gasteiger partial charge in [-0.15, -0.1) is 10.2 Å². The molecule has 1 amide bonds. The third-order valence-electron chi connectivity index (χ3n) is 4.26. The molecule has 0 saturated heterocycles. The normalized spacial score (nSPS) is 11.6. The SMILES string of the molecule is Cc1ccc(NC(=O)CSc2nnc3n2[nH]c2nc4ccccc4n23)cc1. The molecule has 0 atom stereocenters. The molecule has 0 aliphatic heterocycles. The number of H-pyrrole nitrogens is 1. The lowest BCUT2D eigenvalue weighted by Gasteiger charge is -2.04. The number of hydrogen-bond donors (Lipinski definition) is 2. The molecule has 0 saturated carbocycles. The van der Waals surface area contributed by atoms with E-state index in [-0.39, 0.29) is 11.7 Å². The van der Waals surface area contributed by atoms with Crippen LogP contribution in [0.25, 0.3) is 22.6 Å². The van der Waals surface area contributed by atoms with Gasteiger partial charge in [0.05, 0.1) is 16.8 Å². The smallest absolute Gasteiger partial charge is 0.258 e. The number of hydrogen-bond acceptors (Lipinski definition) is 5. The summed E-state index contributed by atoms with van der Waals surface area (Å²) >= 11 is 1.32. The number of thioether (sulfide) groups is 1. The number of fused-ring (bicyclic) bond motifs is 5. The molecule has 0 spiro atoms. The van der Waals surface area contributed by atoms with Crippen molar-refractivity contribution in [3.8, 4) is 0 Å². The van der Waals surface area contributed by atoms with Crippen LogP contribution in [0.5, 0.6) is 0 Å². The number of nitrogens with zero attached hydrogens (tertiary/aromatic N) is 5. The molecule has 2 N–H and O–H groups in total. The van der Waals surface area contributed by atoms with Crippen molar-refractivity contribution < 1.29 is 4.79 Å². The van der Waals surface area contributed by atoms with E-state index in [9.17, 15) is 4.79 Å². The first-order chi connectivity index (χ1) is 13.2. The molecule has 0 aliphatic carbocycles. The third-order valence-corrected chi connectivity index (χ3v) is 5.19. The van der Waals surface area contributed by atoms with Gasteiger partial charge >= 0.3 is 0 Å². The van der Waals surface area contributed by atoms with Gasteiger partial charge in [-0.25, -0.2) is 9.38 Å². The van der Waals surface area contributed by atoms with Crippen molar-refractivity contribution in [2.75, 3.05) is 11.1 Å². The average Bonchev–Trinajstić information content (AvgIpc) is 3.31. The third kappa shape index (κ3) is 2.72. The topological polar surface area (TPSA) is 92.4 Å². The monoisotopic (exact) mass is 377 g/mol. The van der Waals surface area contributed by atoms with Gasteiger partial charge in [0.25, 0.3) is 5.78 Å². The van der Waals surface area contributed by atoms with Crippen LogP contribution in [-0.4, -0.2) is 40.9 Å². The van der Waals surface area contributed by atoms with Crippen molar-refractivity contribution in [1.82, 2.24) is 29.2 Å². The lowest BCUT2D eigenvalue weighted by atomic mass is 10.2. The number of aromatic nitrogens is 6. The molecule has 5 aromatic rings. The number of rotatable bonds is 4. The van der Waals surface area contributed by atoms with E-state index in [1.165, 1.54) is 11.8 Å². The molecule has 0 bridgehead atoms. The molecule has 0 fully saturated rings. The fraction of sp³-hybridized carbons (Fsp3) is 0.111. The number of carbonyl (C=O) groups is 1. The molecule has 8 nitrogen and oxygen atoms in total. The Labute approximate surface area is 157 Å². The summed E-state index contributed by atoms with van der Waals surface area (Å²) in [5.41, 5.74) is 3.78. The van der Waals surface area contributed by atoms with Gasteiger partial charge in [-0.2, -0.15) is 4.52 Å².